The number of nitrogens with one attached hydrogen (secondary N) is 1. The first-order chi connectivity index (χ1) is 8.63. The Morgan fingerprint density at radius 2 is 2.39 bits per heavy atom. The molecule has 0 aliphatic carbocycles. The van der Waals surface area contributed by atoms with Crippen LogP contribution in [-0.2, 0) is 11.3 Å². The number of primary amides is 1. The third-order valence-electron chi connectivity index (χ3n) is 2.07. The summed E-state index contributed by atoms with van der Waals surface area (Å²) in [5.41, 5.74) is 7.87. The summed E-state index contributed by atoms with van der Waals surface area (Å²) in [5.74, 6) is -0.367. The van der Waals surface area contributed by atoms with Crippen molar-refractivity contribution < 1.29 is 13.9 Å². The topological polar surface area (TPSA) is 76.7 Å². The van der Waals surface area contributed by atoms with Crippen LogP contribution in [0.2, 0.25) is 0 Å². The highest BCUT2D eigenvalue weighted by molar-refractivity contribution is 5.81. The van der Waals surface area contributed by atoms with Gasteiger partial charge in [0.2, 0.25) is 0 Å². The lowest BCUT2D eigenvalue weighted by Gasteiger charge is -2.04. The van der Waals surface area contributed by atoms with Crippen LogP contribution in [0.5, 0.6) is 0 Å². The first-order valence-electron chi connectivity index (χ1n) is 5.58. The molecular weight excluding hydrogens is 237 g/mol. The largest absolute Gasteiger partial charge is 0.377 e. The number of urea groups is 1. The van der Waals surface area contributed by atoms with E-state index in [4.69, 9.17) is 10.5 Å². The maximum Gasteiger partial charge on any atom is 0.332 e. The summed E-state index contributed by atoms with van der Waals surface area (Å²) in [6.45, 7) is 2.84. The van der Waals surface area contributed by atoms with Crippen molar-refractivity contribution in [3.8, 4) is 0 Å². The number of halogens is 1. The zero-order valence-corrected chi connectivity index (χ0v) is 10.1. The maximum atomic E-state index is 13.6. The summed E-state index contributed by atoms with van der Waals surface area (Å²) in [5, 5.41) is 3.54. The molecule has 0 fully saturated rings. The highest BCUT2D eigenvalue weighted by atomic mass is 19.1. The van der Waals surface area contributed by atoms with Crippen LogP contribution in [0.4, 0.5) is 9.18 Å². The number of benzene rings is 1. The van der Waals surface area contributed by atoms with Crippen molar-refractivity contribution in [2.24, 2.45) is 10.8 Å². The highest BCUT2D eigenvalue weighted by Gasteiger charge is 2.02. The van der Waals surface area contributed by atoms with Crippen molar-refractivity contribution in [1.82, 2.24) is 5.43 Å². The van der Waals surface area contributed by atoms with E-state index in [2.05, 4.69) is 5.10 Å². The summed E-state index contributed by atoms with van der Waals surface area (Å²) >= 11 is 0. The summed E-state index contributed by atoms with van der Waals surface area (Å²) in [7, 11) is 0. The molecular formula is C12H16FN3O2. The predicted octanol–water partition coefficient (Wildman–Crippen LogP) is 1.75. The fourth-order valence-electron chi connectivity index (χ4n) is 1.26. The number of hydrogen-bond acceptors (Lipinski definition) is 3. The Kier molecular flexibility index (Phi) is 5.79. The van der Waals surface area contributed by atoms with E-state index < -0.39 is 6.03 Å². The van der Waals surface area contributed by atoms with Gasteiger partial charge in [-0.2, -0.15) is 5.10 Å². The zero-order valence-electron chi connectivity index (χ0n) is 10.1. The molecule has 5 nitrogen and oxygen atoms in total. The van der Waals surface area contributed by atoms with Gasteiger partial charge in [0.1, 0.15) is 5.82 Å². The third kappa shape index (κ3) is 4.92. The first kappa shape index (κ1) is 14.1. The summed E-state index contributed by atoms with van der Waals surface area (Å²) in [4.78, 5) is 10.4. The minimum atomic E-state index is -0.767. The van der Waals surface area contributed by atoms with Crippen LogP contribution < -0.4 is 11.2 Å². The Morgan fingerprint density at radius 3 is 3.00 bits per heavy atom. The number of hydrogen-bond donors (Lipinski definition) is 2. The molecule has 0 spiro atoms. The molecule has 0 unspecified atom stereocenters. The molecule has 3 N–H and O–H groups in total. The van der Waals surface area contributed by atoms with Gasteiger partial charge >= 0.3 is 6.03 Å². The van der Waals surface area contributed by atoms with Gasteiger partial charge in [0.25, 0.3) is 0 Å². The number of hydrazone groups is 1. The van der Waals surface area contributed by atoms with Crippen LogP contribution >= 0.6 is 0 Å². The van der Waals surface area contributed by atoms with Crippen molar-refractivity contribution in [2.75, 3.05) is 6.61 Å². The van der Waals surface area contributed by atoms with Gasteiger partial charge in [-0.15, -0.1) is 0 Å². The SMILES string of the molecule is CCCOCc1ccc(C=NNC(N)=O)cc1F. The molecule has 0 saturated carbocycles. The summed E-state index contributed by atoms with van der Waals surface area (Å²) in [6.07, 6.45) is 2.20. The van der Waals surface area contributed by atoms with Gasteiger partial charge in [0.05, 0.1) is 12.8 Å². The van der Waals surface area contributed by atoms with Gasteiger partial charge in [0, 0.05) is 12.2 Å². The second-order valence-corrected chi connectivity index (χ2v) is 3.64. The highest BCUT2D eigenvalue weighted by Crippen LogP contribution is 2.10. The number of nitrogens with two attached hydrogens (primary N) is 1. The van der Waals surface area contributed by atoms with E-state index >= 15 is 0 Å². The maximum absolute atomic E-state index is 13.6. The summed E-state index contributed by atoms with van der Waals surface area (Å²) in [6, 6.07) is 3.85. The lowest BCUT2D eigenvalue weighted by atomic mass is 10.1. The molecule has 0 radical (unpaired) electrons. The van der Waals surface area contributed by atoms with Crippen LogP contribution in [0.3, 0.4) is 0 Å². The summed E-state index contributed by atoms with van der Waals surface area (Å²) < 4.78 is 18.9. The molecule has 2 amide bonds. The van der Waals surface area contributed by atoms with E-state index in [0.717, 1.165) is 6.42 Å². The van der Waals surface area contributed by atoms with Gasteiger partial charge < -0.3 is 10.5 Å². The molecule has 0 aromatic heterocycles. The van der Waals surface area contributed by atoms with Crippen molar-refractivity contribution in [2.45, 2.75) is 20.0 Å². The molecule has 18 heavy (non-hydrogen) atoms. The fourth-order valence-corrected chi connectivity index (χ4v) is 1.26. The zero-order chi connectivity index (χ0) is 13.4. The van der Waals surface area contributed by atoms with Crippen LogP contribution in [0.25, 0.3) is 0 Å². The van der Waals surface area contributed by atoms with Gasteiger partial charge in [0.15, 0.2) is 0 Å². The number of carbonyl (C=O) groups excluding carboxylic acids is 1. The van der Waals surface area contributed by atoms with Gasteiger partial charge in [-0.25, -0.2) is 14.6 Å². The minimum absolute atomic E-state index is 0.247. The predicted molar refractivity (Wildman–Crippen MR) is 66.7 cm³/mol. The molecule has 0 aliphatic rings. The van der Waals surface area contributed by atoms with Gasteiger partial charge in [-0.05, 0) is 18.1 Å². The number of nitrogens with zero attached hydrogens (tertiary/aromatic N) is 1. The number of ether oxygens (including phenoxy) is 1. The Morgan fingerprint density at radius 1 is 1.61 bits per heavy atom. The lowest BCUT2D eigenvalue weighted by Crippen LogP contribution is -2.24. The molecule has 6 heteroatoms. The molecule has 1 aromatic rings. The van der Waals surface area contributed by atoms with Crippen LogP contribution in [-0.4, -0.2) is 18.9 Å². The quantitative estimate of drug-likeness (QED) is 0.460. The first-order valence-corrected chi connectivity index (χ1v) is 5.58. The van der Waals surface area contributed by atoms with Crippen molar-refractivity contribution in [3.63, 3.8) is 0 Å². The van der Waals surface area contributed by atoms with Crippen LogP contribution in [0.15, 0.2) is 23.3 Å². The molecule has 0 saturated heterocycles. The molecule has 0 bridgehead atoms. The van der Waals surface area contributed by atoms with E-state index in [1.807, 2.05) is 12.3 Å². The molecule has 1 rings (SSSR count). The van der Waals surface area contributed by atoms with Gasteiger partial charge in [-0.1, -0.05) is 19.1 Å². The molecule has 0 aliphatic heterocycles. The Labute approximate surface area is 105 Å². The molecule has 0 heterocycles. The number of amides is 2. The van der Waals surface area contributed by atoms with Crippen molar-refractivity contribution >= 4 is 12.2 Å². The Balaban J connectivity index is 2.61. The molecule has 98 valence electrons. The van der Waals surface area contributed by atoms with E-state index in [1.165, 1.54) is 12.3 Å². The fraction of sp³-hybridized carbons (Fsp3) is 0.333. The number of rotatable bonds is 6. The monoisotopic (exact) mass is 253 g/mol. The number of carbonyl (C=O) groups is 1. The van der Waals surface area contributed by atoms with E-state index in [-0.39, 0.29) is 12.4 Å². The van der Waals surface area contributed by atoms with E-state index in [9.17, 15) is 9.18 Å². The normalized spacial score (nSPS) is 10.8. The Bertz CT molecular complexity index is 435. The van der Waals surface area contributed by atoms with Crippen LogP contribution in [0.1, 0.15) is 24.5 Å². The molecule has 0 atom stereocenters. The second-order valence-electron chi connectivity index (χ2n) is 3.64. The third-order valence-corrected chi connectivity index (χ3v) is 2.07. The smallest absolute Gasteiger partial charge is 0.332 e. The van der Waals surface area contributed by atoms with Crippen molar-refractivity contribution in [3.05, 3.63) is 35.1 Å². The van der Waals surface area contributed by atoms with Crippen LogP contribution in [0, 0.1) is 5.82 Å². The average Bonchev–Trinajstić information content (AvgIpc) is 2.31. The molecule has 1 aromatic carbocycles. The standard InChI is InChI=1S/C12H16FN3O2/c1-2-5-18-8-10-4-3-9(6-11(10)13)7-15-16-12(14)17/h3-4,6-7H,2,5,8H2,1H3,(H3,14,16,17). The Hall–Kier alpha value is -1.95. The van der Waals surface area contributed by atoms with E-state index in [1.54, 1.807) is 12.1 Å². The van der Waals surface area contributed by atoms with Gasteiger partial charge in [-0.3, -0.25) is 0 Å². The minimum Gasteiger partial charge on any atom is -0.377 e. The second kappa shape index (κ2) is 7.39. The average molecular weight is 253 g/mol. The van der Waals surface area contributed by atoms with E-state index in [0.29, 0.717) is 17.7 Å². The van der Waals surface area contributed by atoms with Crippen molar-refractivity contribution in [1.29, 1.82) is 0 Å². The lowest BCUT2D eigenvalue weighted by molar-refractivity contribution is 0.119.